The van der Waals surface area contributed by atoms with Crippen molar-refractivity contribution in [2.24, 2.45) is 50.2 Å². The number of carbonyl (C=O) groups is 2. The van der Waals surface area contributed by atoms with Crippen LogP contribution in [0.25, 0.3) is 0 Å². The topological polar surface area (TPSA) is 371 Å². The van der Waals surface area contributed by atoms with Gasteiger partial charge in [0, 0.05) is 0 Å². The molecule has 8 fully saturated rings. The molecule has 440 valence electrons. The first-order valence-electron chi connectivity index (χ1n) is 27.7. The average Bonchev–Trinajstić information content (AvgIpc) is 3.43. The van der Waals surface area contributed by atoms with Gasteiger partial charge in [-0.15, -0.1) is 0 Å². The first-order chi connectivity index (χ1) is 35.9. The van der Waals surface area contributed by atoms with Crippen LogP contribution in [0.1, 0.15) is 120 Å². The van der Waals surface area contributed by atoms with Gasteiger partial charge in [0.05, 0.1) is 30.8 Å². The molecule has 0 aromatic rings. The lowest BCUT2D eigenvalue weighted by Gasteiger charge is -2.71. The third kappa shape index (κ3) is 9.66. The minimum absolute atomic E-state index is 0.00307. The van der Waals surface area contributed by atoms with Crippen LogP contribution in [0.5, 0.6) is 0 Å². The van der Waals surface area contributed by atoms with Crippen molar-refractivity contribution >= 4 is 11.9 Å². The zero-order valence-corrected chi connectivity index (χ0v) is 45.3. The Morgan fingerprint density at radius 3 is 1.75 bits per heavy atom. The van der Waals surface area contributed by atoms with Gasteiger partial charge < -0.3 is 104 Å². The summed E-state index contributed by atoms with van der Waals surface area (Å²) in [6, 6.07) is 0. The van der Waals surface area contributed by atoms with Crippen LogP contribution in [0.2, 0.25) is 0 Å². The molecule has 4 aliphatic heterocycles. The summed E-state index contributed by atoms with van der Waals surface area (Å²) in [5.41, 5.74) is -1.46. The van der Waals surface area contributed by atoms with Gasteiger partial charge in [-0.1, -0.05) is 60.1 Å². The Labute approximate surface area is 448 Å². The third-order valence-electron chi connectivity index (χ3n) is 21.4. The minimum Gasteiger partial charge on any atom is -0.479 e. The van der Waals surface area contributed by atoms with Crippen LogP contribution in [0.15, 0.2) is 11.6 Å². The van der Waals surface area contributed by atoms with E-state index in [1.807, 2.05) is 0 Å². The van der Waals surface area contributed by atoms with Crippen molar-refractivity contribution in [3.63, 3.8) is 0 Å². The second kappa shape index (κ2) is 21.3. The van der Waals surface area contributed by atoms with Crippen molar-refractivity contribution in [1.29, 1.82) is 0 Å². The molecule has 0 radical (unpaired) electrons. The van der Waals surface area contributed by atoms with Gasteiger partial charge in [-0.3, -0.25) is 4.79 Å². The summed E-state index contributed by atoms with van der Waals surface area (Å²) in [5.74, 6) is -2.23. The zero-order valence-electron chi connectivity index (χ0n) is 45.3. The first kappa shape index (κ1) is 59.5. The van der Waals surface area contributed by atoms with Gasteiger partial charge >= 0.3 is 11.9 Å². The number of aliphatic carboxylic acids is 1. The molecule has 77 heavy (non-hydrogen) atoms. The number of carboxylic acids is 1. The van der Waals surface area contributed by atoms with Gasteiger partial charge in [0.15, 0.2) is 25.0 Å². The van der Waals surface area contributed by atoms with Gasteiger partial charge in [0.2, 0.25) is 6.29 Å². The van der Waals surface area contributed by atoms with E-state index in [0.717, 1.165) is 19.3 Å². The second-order valence-electron chi connectivity index (χ2n) is 26.3. The maximum absolute atomic E-state index is 14.8. The highest BCUT2D eigenvalue weighted by Gasteiger charge is 2.70. The number of esters is 1. The fraction of sp³-hybridized carbons (Fsp3) is 0.926. The van der Waals surface area contributed by atoms with Crippen LogP contribution >= 0.6 is 0 Å². The molecule has 5 aliphatic carbocycles. The lowest BCUT2D eigenvalue weighted by atomic mass is 9.33. The first-order valence-corrected chi connectivity index (χ1v) is 27.7. The maximum Gasteiger partial charge on any atom is 0.335 e. The molecular weight excluding hydrogens is 1020 g/mol. The van der Waals surface area contributed by atoms with Crippen molar-refractivity contribution in [1.82, 2.24) is 0 Å². The van der Waals surface area contributed by atoms with Crippen LogP contribution in [-0.2, 0) is 47.5 Å². The van der Waals surface area contributed by atoms with E-state index in [2.05, 4.69) is 54.5 Å². The molecule has 28 atom stereocenters. The van der Waals surface area contributed by atoms with Crippen LogP contribution in [0, 0.1) is 50.2 Å². The van der Waals surface area contributed by atoms with Gasteiger partial charge in [0.25, 0.3) is 0 Å². The van der Waals surface area contributed by atoms with E-state index < -0.39 is 165 Å². The standard InChI is InChI=1S/C54H86O23/c1-22-30(57)33(60)36(63)44(70-22)74-40-39(66)41(43(67)68)75-47(42(40)76-45-37(64)34(61)31(58)25(20-55)71-45)73-29-12-13-51(6)27(50(29,4)5)11-14-53(8)28(51)10-9-23-24-19-49(2,3)15-17-54(24,18-16-52(23,53)7)48(69)77-46-38(65)35(62)32(59)26(21-56)72-46/h9,22,24-42,44-47,55-66H,10-21H2,1-8H3,(H,67,68)/t22-,24-,25+,26+,27-,28+,29-,30-,31+,32+,33+,34-,35-,36+,37+,38+,39-,40-,41-,42+,44+,45-,46-,47+,51-,52+,53+,54-/m0/s1. The van der Waals surface area contributed by atoms with E-state index in [1.54, 1.807) is 0 Å². The number of rotatable bonds is 11. The smallest absolute Gasteiger partial charge is 0.335 e. The van der Waals surface area contributed by atoms with E-state index in [1.165, 1.54) is 12.5 Å². The van der Waals surface area contributed by atoms with Crippen LogP contribution in [0.4, 0.5) is 0 Å². The third-order valence-corrected chi connectivity index (χ3v) is 21.4. The highest BCUT2D eigenvalue weighted by Crippen LogP contribution is 2.76. The summed E-state index contributed by atoms with van der Waals surface area (Å²) in [6.45, 7) is 15.6. The maximum atomic E-state index is 14.8. The number of fused-ring (bicyclic) bond motifs is 7. The quantitative estimate of drug-likeness (QED) is 0.0676. The molecule has 23 heteroatoms. The van der Waals surface area contributed by atoms with E-state index in [9.17, 15) is 76.0 Å². The van der Waals surface area contributed by atoms with E-state index >= 15 is 0 Å². The molecule has 4 heterocycles. The molecular formula is C54H86O23. The fourth-order valence-corrected chi connectivity index (χ4v) is 16.4. The SMILES string of the molecule is C[C@@H]1O[C@H](O[C@H]2[C@H](O)[C@@H](C(=O)O)O[C@@H](O[C@H]3CC[C@]4(C)[C@H]5CC=C6[C@@H]7CC(C)(C)CC[C@]7(C(=O)O[C@@H]7O[C@H](CO)[C@@H](O)[C@H](O)[C@H]7O)CC[C@@]6(C)[C@]5(C)CC[C@H]4C3(C)C)[C@@H]2O[C@@H]2O[C@H](CO)[C@@H](O)[C@H](O)[C@H]2O)[C@H](O)[C@H](O)[C@H]1O. The molecule has 9 aliphatic rings. The molecule has 0 aromatic carbocycles. The fourth-order valence-electron chi connectivity index (χ4n) is 16.4. The highest BCUT2D eigenvalue weighted by molar-refractivity contribution is 5.79. The number of ether oxygens (including phenoxy) is 8. The molecule has 0 bridgehead atoms. The molecule has 13 N–H and O–H groups in total. The zero-order chi connectivity index (χ0) is 56.4. The van der Waals surface area contributed by atoms with Gasteiger partial charge in [-0.25, -0.2) is 4.79 Å². The average molecular weight is 1100 g/mol. The summed E-state index contributed by atoms with van der Waals surface area (Å²) >= 11 is 0. The van der Waals surface area contributed by atoms with Crippen LogP contribution in [-0.4, -0.2) is 220 Å². The monoisotopic (exact) mass is 1100 g/mol. The van der Waals surface area contributed by atoms with E-state index in [-0.39, 0.29) is 39.4 Å². The molecule has 23 nitrogen and oxygen atoms in total. The number of hydrogen-bond acceptors (Lipinski definition) is 22. The molecule has 9 rings (SSSR count). The Bertz CT molecular complexity index is 2180. The number of aliphatic hydroxyl groups is 12. The van der Waals surface area contributed by atoms with Crippen molar-refractivity contribution in [3.8, 4) is 0 Å². The molecule has 0 unspecified atom stereocenters. The Morgan fingerprint density at radius 2 is 1.14 bits per heavy atom. The Hall–Kier alpha value is -2.08. The predicted molar refractivity (Wildman–Crippen MR) is 262 cm³/mol. The normalized spacial score (nSPS) is 53.4. The van der Waals surface area contributed by atoms with Gasteiger partial charge in [-0.2, -0.15) is 0 Å². The van der Waals surface area contributed by atoms with Gasteiger partial charge in [-0.05, 0) is 116 Å². The number of aliphatic hydroxyl groups excluding tert-OH is 12. The minimum atomic E-state index is -2.10. The Morgan fingerprint density at radius 1 is 0.584 bits per heavy atom. The second-order valence-corrected chi connectivity index (χ2v) is 26.3. The van der Waals surface area contributed by atoms with Crippen LogP contribution in [0.3, 0.4) is 0 Å². The summed E-state index contributed by atoms with van der Waals surface area (Å²) in [5, 5.41) is 139. The lowest BCUT2D eigenvalue weighted by molar-refractivity contribution is -0.395. The van der Waals surface area contributed by atoms with Crippen molar-refractivity contribution in [2.45, 2.75) is 249 Å². The number of carbonyl (C=O) groups excluding carboxylic acids is 1. The van der Waals surface area contributed by atoms with Crippen molar-refractivity contribution in [3.05, 3.63) is 11.6 Å². The summed E-state index contributed by atoms with van der Waals surface area (Å²) in [6.07, 6.45) is -26.3. The molecule has 4 saturated heterocycles. The number of hydrogen-bond donors (Lipinski definition) is 13. The summed E-state index contributed by atoms with van der Waals surface area (Å²) in [4.78, 5) is 27.7. The summed E-state index contributed by atoms with van der Waals surface area (Å²) in [7, 11) is 0. The van der Waals surface area contributed by atoms with E-state index in [0.29, 0.717) is 44.9 Å². The largest absolute Gasteiger partial charge is 0.479 e. The molecule has 0 aromatic heterocycles. The molecule has 0 spiro atoms. The van der Waals surface area contributed by atoms with Crippen molar-refractivity contribution in [2.75, 3.05) is 13.2 Å². The summed E-state index contributed by atoms with van der Waals surface area (Å²) < 4.78 is 48.5. The van der Waals surface area contributed by atoms with E-state index in [4.69, 9.17) is 37.9 Å². The highest BCUT2D eigenvalue weighted by atomic mass is 16.8. The van der Waals surface area contributed by atoms with Gasteiger partial charge in [0.1, 0.15) is 85.5 Å². The Balaban J connectivity index is 1.00. The number of carboxylic acid groups (broad SMARTS) is 1. The Kier molecular flexibility index (Phi) is 16.5. The molecule has 0 amide bonds. The predicted octanol–water partition coefficient (Wildman–Crippen LogP) is -0.915. The van der Waals surface area contributed by atoms with Crippen molar-refractivity contribution < 1.29 is 114 Å². The van der Waals surface area contributed by atoms with Crippen LogP contribution < -0.4 is 0 Å². The lowest BCUT2D eigenvalue weighted by Crippen LogP contribution is -2.68. The molecule has 4 saturated carbocycles. The number of allylic oxidation sites excluding steroid dienone is 2.